The molecule has 0 bridgehead atoms. The molecule has 0 spiro atoms. The summed E-state index contributed by atoms with van der Waals surface area (Å²) in [5.41, 5.74) is 0. The number of rotatable bonds is 4. The van der Waals surface area contributed by atoms with Gasteiger partial charge in [0.05, 0.1) is 4.47 Å². The zero-order chi connectivity index (χ0) is 16.2. The van der Waals surface area contributed by atoms with Gasteiger partial charge in [0.25, 0.3) is 0 Å². The van der Waals surface area contributed by atoms with E-state index >= 15 is 0 Å². The molecule has 0 saturated heterocycles. The molecular weight excluding hydrogens is 424 g/mol. The minimum absolute atomic E-state index is 0.152. The van der Waals surface area contributed by atoms with E-state index in [0.29, 0.717) is 16.0 Å². The van der Waals surface area contributed by atoms with Crippen LogP contribution >= 0.6 is 31.9 Å². The van der Waals surface area contributed by atoms with Crippen molar-refractivity contribution in [3.63, 3.8) is 0 Å². The third kappa shape index (κ3) is 4.12. The van der Waals surface area contributed by atoms with Gasteiger partial charge in [0.2, 0.25) is 0 Å². The Bertz CT molecular complexity index is 862. The van der Waals surface area contributed by atoms with Crippen LogP contribution in [0, 0.1) is 0 Å². The Labute approximate surface area is 150 Å². The second-order valence-corrected chi connectivity index (χ2v) is 6.62. The first-order valence-corrected chi connectivity index (χ1v) is 8.48. The average Bonchev–Trinajstić information content (AvgIpc) is 2.55. The van der Waals surface area contributed by atoms with E-state index in [1.54, 1.807) is 12.1 Å². The van der Waals surface area contributed by atoms with E-state index in [-0.39, 0.29) is 6.61 Å². The molecule has 0 radical (unpaired) electrons. The SMILES string of the molecule is O=C(COc1ccc2ccccc2c1)Oc1ccc(Br)cc1Br. The lowest BCUT2D eigenvalue weighted by atomic mass is 10.1. The quantitative estimate of drug-likeness (QED) is 0.409. The van der Waals surface area contributed by atoms with Crippen molar-refractivity contribution in [2.24, 2.45) is 0 Å². The van der Waals surface area contributed by atoms with Gasteiger partial charge >= 0.3 is 5.97 Å². The highest BCUT2D eigenvalue weighted by Crippen LogP contribution is 2.28. The van der Waals surface area contributed by atoms with E-state index in [0.717, 1.165) is 15.2 Å². The maximum atomic E-state index is 11.9. The van der Waals surface area contributed by atoms with E-state index in [1.165, 1.54) is 0 Å². The van der Waals surface area contributed by atoms with Crippen LogP contribution in [-0.2, 0) is 4.79 Å². The molecule has 3 nitrogen and oxygen atoms in total. The Balaban J connectivity index is 1.63. The Morgan fingerprint density at radius 2 is 1.70 bits per heavy atom. The number of halogens is 2. The summed E-state index contributed by atoms with van der Waals surface area (Å²) in [6.45, 7) is -0.152. The molecule has 116 valence electrons. The van der Waals surface area contributed by atoms with Crippen LogP contribution in [-0.4, -0.2) is 12.6 Å². The number of hydrogen-bond acceptors (Lipinski definition) is 3. The molecule has 0 heterocycles. The monoisotopic (exact) mass is 434 g/mol. The number of ether oxygens (including phenoxy) is 2. The van der Waals surface area contributed by atoms with Crippen molar-refractivity contribution in [3.8, 4) is 11.5 Å². The lowest BCUT2D eigenvalue weighted by Crippen LogP contribution is -2.17. The number of carbonyl (C=O) groups is 1. The molecule has 3 aromatic carbocycles. The lowest BCUT2D eigenvalue weighted by molar-refractivity contribution is -0.136. The van der Waals surface area contributed by atoms with Crippen LogP contribution in [0.2, 0.25) is 0 Å². The zero-order valence-electron chi connectivity index (χ0n) is 12.0. The first-order valence-electron chi connectivity index (χ1n) is 6.89. The van der Waals surface area contributed by atoms with Gasteiger partial charge in [-0.2, -0.15) is 0 Å². The fourth-order valence-electron chi connectivity index (χ4n) is 2.11. The van der Waals surface area contributed by atoms with Crippen LogP contribution in [0.5, 0.6) is 11.5 Å². The molecule has 0 aliphatic heterocycles. The highest BCUT2D eigenvalue weighted by molar-refractivity contribution is 9.11. The Kier molecular flexibility index (Phi) is 4.98. The molecule has 0 amide bonds. The molecule has 3 rings (SSSR count). The highest BCUT2D eigenvalue weighted by Gasteiger charge is 2.09. The lowest BCUT2D eigenvalue weighted by Gasteiger charge is -2.09. The van der Waals surface area contributed by atoms with Gasteiger partial charge in [-0.05, 0) is 57.0 Å². The first-order chi connectivity index (χ1) is 11.1. The van der Waals surface area contributed by atoms with E-state index in [4.69, 9.17) is 9.47 Å². The van der Waals surface area contributed by atoms with Gasteiger partial charge in [-0.25, -0.2) is 4.79 Å². The van der Waals surface area contributed by atoms with Gasteiger partial charge < -0.3 is 9.47 Å². The van der Waals surface area contributed by atoms with Crippen molar-refractivity contribution < 1.29 is 14.3 Å². The molecule has 0 N–H and O–H groups in total. The van der Waals surface area contributed by atoms with E-state index in [2.05, 4.69) is 31.9 Å². The largest absolute Gasteiger partial charge is 0.482 e. The van der Waals surface area contributed by atoms with Gasteiger partial charge in [-0.3, -0.25) is 0 Å². The second kappa shape index (κ2) is 7.15. The van der Waals surface area contributed by atoms with E-state index < -0.39 is 5.97 Å². The number of benzene rings is 3. The van der Waals surface area contributed by atoms with Gasteiger partial charge in [-0.1, -0.05) is 46.3 Å². The third-order valence-corrected chi connectivity index (χ3v) is 4.31. The van der Waals surface area contributed by atoms with Crippen molar-refractivity contribution in [1.29, 1.82) is 0 Å². The van der Waals surface area contributed by atoms with Crippen molar-refractivity contribution in [3.05, 3.63) is 69.6 Å². The molecule has 0 atom stereocenters. The van der Waals surface area contributed by atoms with Crippen molar-refractivity contribution >= 4 is 48.6 Å². The summed E-state index contributed by atoms with van der Waals surface area (Å²) >= 11 is 6.70. The Morgan fingerprint density at radius 3 is 2.48 bits per heavy atom. The van der Waals surface area contributed by atoms with E-state index in [1.807, 2.05) is 48.5 Å². The summed E-state index contributed by atoms with van der Waals surface area (Å²) in [6, 6.07) is 19.0. The molecule has 0 unspecified atom stereocenters. The summed E-state index contributed by atoms with van der Waals surface area (Å²) in [7, 11) is 0. The molecule has 5 heteroatoms. The van der Waals surface area contributed by atoms with Crippen LogP contribution in [0.3, 0.4) is 0 Å². The Morgan fingerprint density at radius 1 is 0.913 bits per heavy atom. The highest BCUT2D eigenvalue weighted by atomic mass is 79.9. The topological polar surface area (TPSA) is 35.5 Å². The van der Waals surface area contributed by atoms with Gasteiger partial charge in [0, 0.05) is 4.47 Å². The summed E-state index contributed by atoms with van der Waals surface area (Å²) in [6.07, 6.45) is 0. The van der Waals surface area contributed by atoms with Gasteiger partial charge in [-0.15, -0.1) is 0 Å². The smallest absolute Gasteiger partial charge is 0.349 e. The molecule has 0 fully saturated rings. The normalized spacial score (nSPS) is 10.5. The van der Waals surface area contributed by atoms with Crippen LogP contribution in [0.25, 0.3) is 10.8 Å². The van der Waals surface area contributed by atoms with Crippen LogP contribution in [0.4, 0.5) is 0 Å². The van der Waals surface area contributed by atoms with Crippen molar-refractivity contribution in [2.45, 2.75) is 0 Å². The fourth-order valence-corrected chi connectivity index (χ4v) is 3.24. The zero-order valence-corrected chi connectivity index (χ0v) is 15.1. The van der Waals surface area contributed by atoms with Crippen molar-refractivity contribution in [2.75, 3.05) is 6.61 Å². The van der Waals surface area contributed by atoms with Gasteiger partial charge in [0.15, 0.2) is 6.61 Å². The molecule has 0 aromatic heterocycles. The number of hydrogen-bond donors (Lipinski definition) is 0. The number of carbonyl (C=O) groups excluding carboxylic acids is 1. The van der Waals surface area contributed by atoms with Gasteiger partial charge in [0.1, 0.15) is 11.5 Å². The molecular formula is C18H12Br2O3. The Hall–Kier alpha value is -1.85. The summed E-state index contributed by atoms with van der Waals surface area (Å²) in [5.74, 6) is 0.636. The predicted octanol–water partition coefficient (Wildman–Crippen LogP) is 5.35. The molecule has 3 aromatic rings. The van der Waals surface area contributed by atoms with Crippen molar-refractivity contribution in [1.82, 2.24) is 0 Å². The second-order valence-electron chi connectivity index (χ2n) is 4.85. The minimum Gasteiger partial charge on any atom is -0.482 e. The first kappa shape index (κ1) is 16.0. The molecule has 0 saturated carbocycles. The molecule has 0 aliphatic carbocycles. The van der Waals surface area contributed by atoms with Crippen LogP contribution in [0.1, 0.15) is 0 Å². The van der Waals surface area contributed by atoms with Crippen LogP contribution in [0.15, 0.2) is 69.6 Å². The predicted molar refractivity (Wildman–Crippen MR) is 96.9 cm³/mol. The summed E-state index contributed by atoms with van der Waals surface area (Å²) in [4.78, 5) is 11.9. The van der Waals surface area contributed by atoms with E-state index in [9.17, 15) is 4.79 Å². The third-order valence-electron chi connectivity index (χ3n) is 3.20. The fraction of sp³-hybridized carbons (Fsp3) is 0.0556. The summed E-state index contributed by atoms with van der Waals surface area (Å²) < 4.78 is 12.4. The average molecular weight is 436 g/mol. The maximum absolute atomic E-state index is 11.9. The molecule has 0 aliphatic rings. The maximum Gasteiger partial charge on any atom is 0.349 e. The number of esters is 1. The minimum atomic E-state index is -0.457. The molecule has 23 heavy (non-hydrogen) atoms. The standard InChI is InChI=1S/C18H12Br2O3/c19-14-6-8-17(16(20)10-14)23-18(21)11-22-15-7-5-12-3-1-2-4-13(12)9-15/h1-10H,11H2. The number of fused-ring (bicyclic) bond motifs is 1. The summed E-state index contributed by atoms with van der Waals surface area (Å²) in [5, 5.41) is 2.19. The van der Waals surface area contributed by atoms with Crippen LogP contribution < -0.4 is 9.47 Å².